The third-order valence-corrected chi connectivity index (χ3v) is 5.91. The van der Waals surface area contributed by atoms with Gasteiger partial charge in [-0.25, -0.2) is 0 Å². The molecule has 5 rings (SSSR count). The molecule has 2 aromatic rings. The van der Waals surface area contributed by atoms with Gasteiger partial charge in [0.25, 0.3) is 0 Å². The van der Waals surface area contributed by atoms with E-state index >= 15 is 0 Å². The lowest BCUT2D eigenvalue weighted by atomic mass is 9.51. The van der Waals surface area contributed by atoms with Crippen LogP contribution in [0.25, 0.3) is 0 Å². The van der Waals surface area contributed by atoms with Gasteiger partial charge in [0.15, 0.2) is 0 Å². The molecule has 3 aliphatic carbocycles. The first-order chi connectivity index (χ1) is 11.9. The fraction of sp³-hybridized carbons (Fsp3) is 0.360. The molecule has 0 N–H and O–H groups in total. The summed E-state index contributed by atoms with van der Waals surface area (Å²) in [6.45, 7) is 11.8. The Labute approximate surface area is 152 Å². The molecule has 0 fully saturated rings. The van der Waals surface area contributed by atoms with E-state index in [4.69, 9.17) is 0 Å². The zero-order chi connectivity index (χ0) is 17.8. The van der Waals surface area contributed by atoms with Gasteiger partial charge in [-0.1, -0.05) is 101 Å². The van der Waals surface area contributed by atoms with Crippen LogP contribution in [0.2, 0.25) is 0 Å². The molecule has 0 nitrogen and oxygen atoms in total. The molecule has 0 aromatic heterocycles. The lowest BCUT2D eigenvalue weighted by Crippen LogP contribution is -2.43. The maximum Gasteiger partial charge on any atom is 0.0673 e. The lowest BCUT2D eigenvalue weighted by molar-refractivity contribution is 0.423. The van der Waals surface area contributed by atoms with Crippen molar-refractivity contribution in [2.45, 2.75) is 40.0 Å². The minimum Gasteiger partial charge on any atom is -0.0719 e. The Hall–Kier alpha value is -2.08. The van der Waals surface area contributed by atoms with Crippen LogP contribution in [-0.4, -0.2) is 0 Å². The highest BCUT2D eigenvalue weighted by molar-refractivity contribution is 5.78. The highest BCUT2D eigenvalue weighted by Crippen LogP contribution is 2.68. The molecule has 1 unspecified atom stereocenters. The molecule has 2 bridgehead atoms. The Morgan fingerprint density at radius 1 is 0.800 bits per heavy atom. The van der Waals surface area contributed by atoms with Gasteiger partial charge < -0.3 is 0 Å². The molecule has 128 valence electrons. The molecule has 0 spiro atoms. The number of benzene rings is 2. The van der Waals surface area contributed by atoms with Gasteiger partial charge in [-0.15, -0.1) is 0 Å². The largest absolute Gasteiger partial charge is 0.0719 e. The first kappa shape index (κ1) is 16.4. The summed E-state index contributed by atoms with van der Waals surface area (Å²) < 4.78 is 0. The summed E-state index contributed by atoms with van der Waals surface area (Å²) in [7, 11) is 0. The summed E-state index contributed by atoms with van der Waals surface area (Å²) in [6, 6.07) is 22.2. The summed E-state index contributed by atoms with van der Waals surface area (Å²) in [4.78, 5) is 0. The summed E-state index contributed by atoms with van der Waals surface area (Å²) in [5.74, 6) is 1.17. The monoisotopic (exact) mass is 328 g/mol. The molecular formula is C25H28. The van der Waals surface area contributed by atoms with Gasteiger partial charge in [-0.2, -0.15) is 0 Å². The standard InChI is InChI=1S/C25H28/c1-17(2)20-16-21-23(24(3,4)5)22(20)25(21,18-12-8-6-9-13-18)19-14-10-7-11-15-19/h6-17,20H,1-5H3. The third kappa shape index (κ3) is 2.13. The van der Waals surface area contributed by atoms with Crippen molar-refractivity contribution in [3.63, 3.8) is 0 Å². The van der Waals surface area contributed by atoms with Crippen molar-refractivity contribution in [3.05, 3.63) is 94.6 Å². The molecule has 0 saturated heterocycles. The van der Waals surface area contributed by atoms with E-state index in [1.54, 1.807) is 16.7 Å². The molecule has 0 saturated carbocycles. The molecule has 25 heavy (non-hydrogen) atoms. The minimum atomic E-state index is -0.0416. The van der Waals surface area contributed by atoms with E-state index in [-0.39, 0.29) is 10.8 Å². The van der Waals surface area contributed by atoms with Gasteiger partial charge in [-0.3, -0.25) is 0 Å². The van der Waals surface area contributed by atoms with E-state index in [1.165, 1.54) is 11.1 Å². The van der Waals surface area contributed by atoms with Crippen LogP contribution in [0.1, 0.15) is 45.7 Å². The first-order valence-corrected chi connectivity index (χ1v) is 9.47. The highest BCUT2D eigenvalue weighted by Gasteiger charge is 2.60. The Balaban J connectivity index is 2.03. The number of hydrogen-bond donors (Lipinski definition) is 0. The highest BCUT2D eigenvalue weighted by atomic mass is 14.6. The zero-order valence-electron chi connectivity index (χ0n) is 16.0. The molecule has 0 amide bonds. The van der Waals surface area contributed by atoms with Crippen LogP contribution in [0, 0.1) is 17.3 Å². The van der Waals surface area contributed by atoms with Gasteiger partial charge >= 0.3 is 0 Å². The van der Waals surface area contributed by atoms with Crippen molar-refractivity contribution in [3.8, 4) is 0 Å². The first-order valence-electron chi connectivity index (χ1n) is 9.47. The van der Waals surface area contributed by atoms with Crippen molar-refractivity contribution in [1.82, 2.24) is 0 Å². The fourth-order valence-electron chi connectivity index (χ4n) is 4.99. The molecule has 0 heterocycles. The van der Waals surface area contributed by atoms with E-state index < -0.39 is 0 Å². The van der Waals surface area contributed by atoms with Crippen molar-refractivity contribution in [2.75, 3.05) is 0 Å². The second-order valence-corrected chi connectivity index (χ2v) is 8.87. The van der Waals surface area contributed by atoms with Crippen LogP contribution in [0.4, 0.5) is 0 Å². The quantitative estimate of drug-likeness (QED) is 0.600. The van der Waals surface area contributed by atoms with E-state index in [9.17, 15) is 0 Å². The minimum absolute atomic E-state index is 0.0416. The molecule has 1 atom stereocenters. The topological polar surface area (TPSA) is 0 Å². The predicted molar refractivity (Wildman–Crippen MR) is 107 cm³/mol. The maximum atomic E-state index is 2.57. The lowest BCUT2D eigenvalue weighted by Gasteiger charge is -2.51. The van der Waals surface area contributed by atoms with Gasteiger partial charge in [0.2, 0.25) is 0 Å². The third-order valence-electron chi connectivity index (χ3n) is 5.91. The normalized spacial score (nSPS) is 21.4. The van der Waals surface area contributed by atoms with Gasteiger partial charge in [0.1, 0.15) is 0 Å². The zero-order valence-corrected chi connectivity index (χ0v) is 16.0. The molecule has 2 aromatic carbocycles. The Morgan fingerprint density at radius 2 is 1.28 bits per heavy atom. The summed E-state index contributed by atoms with van der Waals surface area (Å²) >= 11 is 0. The van der Waals surface area contributed by atoms with E-state index in [2.05, 4.69) is 101 Å². The SMILES string of the molecule is CC(C)C1C=C2C(C(C)(C)C)=C1C2(c1ccccc1)c1ccccc1. The molecule has 0 radical (unpaired) electrons. The number of fused-ring (bicyclic) bond motifs is 1. The van der Waals surface area contributed by atoms with E-state index in [0.717, 1.165) is 0 Å². The van der Waals surface area contributed by atoms with E-state index in [0.29, 0.717) is 11.8 Å². The Morgan fingerprint density at radius 3 is 1.64 bits per heavy atom. The van der Waals surface area contributed by atoms with Crippen LogP contribution in [0.5, 0.6) is 0 Å². The van der Waals surface area contributed by atoms with Crippen molar-refractivity contribution in [1.29, 1.82) is 0 Å². The summed E-state index contributed by atoms with van der Waals surface area (Å²) in [6.07, 6.45) is 2.57. The summed E-state index contributed by atoms with van der Waals surface area (Å²) in [5.41, 5.74) is 7.77. The smallest absolute Gasteiger partial charge is 0.0673 e. The summed E-state index contributed by atoms with van der Waals surface area (Å²) in [5, 5.41) is 0. The van der Waals surface area contributed by atoms with Crippen LogP contribution in [0.15, 0.2) is 83.5 Å². The van der Waals surface area contributed by atoms with E-state index in [1.807, 2.05) is 0 Å². The number of rotatable bonds is 3. The van der Waals surface area contributed by atoms with Crippen LogP contribution >= 0.6 is 0 Å². The van der Waals surface area contributed by atoms with Crippen molar-refractivity contribution < 1.29 is 0 Å². The number of allylic oxidation sites excluding steroid dienone is 4. The second kappa shape index (κ2) is 5.46. The number of hydrogen-bond acceptors (Lipinski definition) is 0. The van der Waals surface area contributed by atoms with Crippen molar-refractivity contribution in [2.24, 2.45) is 17.3 Å². The maximum absolute atomic E-state index is 2.57. The molecule has 0 aliphatic heterocycles. The Kier molecular flexibility index (Phi) is 3.58. The Bertz CT molecular complexity index is 802. The predicted octanol–water partition coefficient (Wildman–Crippen LogP) is 6.54. The molecular weight excluding hydrogens is 300 g/mol. The van der Waals surface area contributed by atoms with Crippen molar-refractivity contribution >= 4 is 0 Å². The van der Waals surface area contributed by atoms with Crippen LogP contribution in [-0.2, 0) is 5.41 Å². The fourth-order valence-corrected chi connectivity index (χ4v) is 4.99. The average molecular weight is 328 g/mol. The van der Waals surface area contributed by atoms with Gasteiger partial charge in [0.05, 0.1) is 5.41 Å². The van der Waals surface area contributed by atoms with Gasteiger partial charge in [-0.05, 0) is 39.2 Å². The second-order valence-electron chi connectivity index (χ2n) is 8.87. The molecule has 0 heteroatoms. The van der Waals surface area contributed by atoms with Crippen LogP contribution < -0.4 is 0 Å². The average Bonchev–Trinajstić information content (AvgIpc) is 3.14. The van der Waals surface area contributed by atoms with Gasteiger partial charge in [0, 0.05) is 5.92 Å². The van der Waals surface area contributed by atoms with Crippen LogP contribution in [0.3, 0.4) is 0 Å². The molecule has 3 aliphatic rings.